The number of hydrogen-bond donors (Lipinski definition) is 2. The van der Waals surface area contributed by atoms with Crippen LogP contribution < -0.4 is 10.6 Å². The Kier molecular flexibility index (Phi) is 8.28. The van der Waals surface area contributed by atoms with Crippen molar-refractivity contribution in [3.63, 3.8) is 0 Å². The van der Waals surface area contributed by atoms with E-state index in [9.17, 15) is 27.2 Å². The lowest BCUT2D eigenvalue weighted by Crippen LogP contribution is -2.38. The van der Waals surface area contributed by atoms with Gasteiger partial charge in [0.2, 0.25) is 17.7 Å². The first kappa shape index (κ1) is 28.9. The number of rotatable bonds is 11. The first-order valence-electron chi connectivity index (χ1n) is 14.1. The minimum absolute atomic E-state index is 0.0285. The fourth-order valence-corrected chi connectivity index (χ4v) is 5.46. The van der Waals surface area contributed by atoms with Crippen LogP contribution in [0.2, 0.25) is 0 Å². The van der Waals surface area contributed by atoms with Gasteiger partial charge < -0.3 is 10.6 Å². The van der Waals surface area contributed by atoms with Crippen LogP contribution in [-0.2, 0) is 4.79 Å². The van der Waals surface area contributed by atoms with Crippen LogP contribution in [0.3, 0.4) is 0 Å². The number of fused-ring (bicyclic) bond motifs is 1. The van der Waals surface area contributed by atoms with Gasteiger partial charge in [0.05, 0.1) is 30.2 Å². The summed E-state index contributed by atoms with van der Waals surface area (Å²) in [7, 11) is 0. The summed E-state index contributed by atoms with van der Waals surface area (Å²) < 4.78 is 57.1. The molecule has 0 bridgehead atoms. The van der Waals surface area contributed by atoms with Gasteiger partial charge in [-0.2, -0.15) is 10.2 Å². The van der Waals surface area contributed by atoms with Crippen LogP contribution in [0.1, 0.15) is 105 Å². The highest BCUT2D eigenvalue weighted by Gasteiger charge is 2.40. The van der Waals surface area contributed by atoms with Crippen molar-refractivity contribution in [3.8, 4) is 0 Å². The molecular formula is C27H34F4N8O2. The number of imidazole rings is 1. The van der Waals surface area contributed by atoms with Crippen LogP contribution in [0, 0.1) is 11.8 Å². The van der Waals surface area contributed by atoms with E-state index < -0.39 is 30.3 Å². The molecule has 3 atom stereocenters. The monoisotopic (exact) mass is 578 g/mol. The van der Waals surface area contributed by atoms with Gasteiger partial charge in [-0.1, -0.05) is 6.92 Å². The summed E-state index contributed by atoms with van der Waals surface area (Å²) >= 11 is 0. The number of nitrogens with zero attached hydrogens (tertiary/aromatic N) is 6. The molecule has 14 heteroatoms. The Morgan fingerprint density at radius 3 is 2.44 bits per heavy atom. The Balaban J connectivity index is 1.44. The van der Waals surface area contributed by atoms with E-state index in [0.717, 1.165) is 35.8 Å². The average Bonchev–Trinajstić information content (AvgIpc) is 3.49. The van der Waals surface area contributed by atoms with Crippen LogP contribution >= 0.6 is 0 Å². The smallest absolute Gasteiger partial charge is 0.289 e. The van der Waals surface area contributed by atoms with Gasteiger partial charge in [-0.3, -0.25) is 9.59 Å². The Hall–Kier alpha value is -3.58. The molecule has 2 amide bonds. The Morgan fingerprint density at radius 2 is 1.78 bits per heavy atom. The zero-order valence-electron chi connectivity index (χ0n) is 22.9. The number of amides is 2. The topological polar surface area (TPSA) is 119 Å². The highest BCUT2D eigenvalue weighted by atomic mass is 19.3. The predicted octanol–water partition coefficient (Wildman–Crippen LogP) is 4.81. The summed E-state index contributed by atoms with van der Waals surface area (Å²) in [6, 6.07) is -0.536. The first-order chi connectivity index (χ1) is 19.6. The third-order valence-corrected chi connectivity index (χ3v) is 7.97. The maximum absolute atomic E-state index is 14.0. The zero-order valence-corrected chi connectivity index (χ0v) is 22.9. The molecule has 3 heterocycles. The Bertz CT molecular complexity index is 1380. The van der Waals surface area contributed by atoms with Crippen molar-refractivity contribution < 1.29 is 27.2 Å². The zero-order chi connectivity index (χ0) is 29.3. The SMILES string of the molecule is CCCC(=O)N[C@@H](c1cnn2cc([C@@H](NC(=O)c3ncnn3C(C)C(F)F)C3CCC(F)(F)CC3)nc2c1)C1CC1. The van der Waals surface area contributed by atoms with Gasteiger partial charge in [0.25, 0.3) is 12.3 Å². The van der Waals surface area contributed by atoms with Gasteiger partial charge in [0.1, 0.15) is 12.4 Å². The van der Waals surface area contributed by atoms with Crippen LogP contribution in [0.5, 0.6) is 0 Å². The summed E-state index contributed by atoms with van der Waals surface area (Å²) in [5.74, 6) is -3.93. The fourth-order valence-electron chi connectivity index (χ4n) is 5.46. The lowest BCUT2D eigenvalue weighted by molar-refractivity contribution is -0.122. The molecule has 0 saturated heterocycles. The van der Waals surface area contributed by atoms with Crippen molar-refractivity contribution in [2.24, 2.45) is 11.8 Å². The lowest BCUT2D eigenvalue weighted by Gasteiger charge is -2.33. The van der Waals surface area contributed by atoms with Crippen molar-refractivity contribution in [2.45, 2.75) is 95.7 Å². The van der Waals surface area contributed by atoms with Crippen LogP contribution in [0.4, 0.5) is 17.6 Å². The van der Waals surface area contributed by atoms with Crippen molar-refractivity contribution in [1.82, 2.24) is 40.0 Å². The molecule has 3 aromatic heterocycles. The summed E-state index contributed by atoms with van der Waals surface area (Å²) in [6.45, 7) is 3.17. The third kappa shape index (κ3) is 6.51. The van der Waals surface area contributed by atoms with E-state index in [2.05, 4.69) is 25.8 Å². The van der Waals surface area contributed by atoms with Crippen molar-refractivity contribution >= 4 is 17.5 Å². The van der Waals surface area contributed by atoms with Crippen molar-refractivity contribution in [1.29, 1.82) is 0 Å². The molecule has 2 fully saturated rings. The van der Waals surface area contributed by atoms with Crippen LogP contribution in [0.15, 0.2) is 24.8 Å². The number of aromatic nitrogens is 6. The summed E-state index contributed by atoms with van der Waals surface area (Å²) in [5, 5.41) is 14.2. The molecule has 2 saturated carbocycles. The largest absolute Gasteiger partial charge is 0.349 e. The number of alkyl halides is 4. The highest BCUT2D eigenvalue weighted by molar-refractivity contribution is 5.91. The predicted molar refractivity (Wildman–Crippen MR) is 139 cm³/mol. The maximum atomic E-state index is 14.0. The van der Waals surface area contributed by atoms with E-state index in [-0.39, 0.29) is 49.4 Å². The number of nitrogens with one attached hydrogen (secondary N) is 2. The fraction of sp³-hybridized carbons (Fsp3) is 0.630. The minimum atomic E-state index is -2.78. The molecule has 3 aromatic rings. The Morgan fingerprint density at radius 1 is 1.07 bits per heavy atom. The van der Waals surface area contributed by atoms with E-state index in [1.165, 1.54) is 11.4 Å². The van der Waals surface area contributed by atoms with Gasteiger partial charge in [-0.15, -0.1) is 0 Å². The van der Waals surface area contributed by atoms with Gasteiger partial charge in [0, 0.05) is 19.3 Å². The second-order valence-electron chi connectivity index (χ2n) is 11.1. The molecule has 0 aliphatic heterocycles. The molecule has 0 radical (unpaired) electrons. The maximum Gasteiger partial charge on any atom is 0.289 e. The average molecular weight is 579 g/mol. The second-order valence-corrected chi connectivity index (χ2v) is 11.1. The molecular weight excluding hydrogens is 544 g/mol. The molecule has 222 valence electrons. The minimum Gasteiger partial charge on any atom is -0.349 e. The quantitative estimate of drug-likeness (QED) is 0.315. The number of halogens is 4. The van der Waals surface area contributed by atoms with Crippen LogP contribution in [-0.4, -0.2) is 53.5 Å². The lowest BCUT2D eigenvalue weighted by atomic mass is 9.81. The highest BCUT2D eigenvalue weighted by Crippen LogP contribution is 2.42. The molecule has 2 aliphatic rings. The summed E-state index contributed by atoms with van der Waals surface area (Å²) in [4.78, 5) is 34.2. The normalized spacial score (nSPS) is 19.7. The molecule has 41 heavy (non-hydrogen) atoms. The number of carbonyl (C=O) groups is 2. The van der Waals surface area contributed by atoms with Gasteiger partial charge in [-0.05, 0) is 62.5 Å². The van der Waals surface area contributed by atoms with Crippen molar-refractivity contribution in [3.05, 3.63) is 41.9 Å². The third-order valence-electron chi connectivity index (χ3n) is 7.97. The molecule has 0 aromatic carbocycles. The molecule has 2 aliphatic carbocycles. The standard InChI is InChI=1S/C27H34F4N8O2/c1-3-4-21(40)36-22(16-5-6-16)18-11-20-35-19(13-38(20)33-12-18)23(17-7-9-27(30,31)10-8-17)37-26(41)25-32-14-34-39(25)15(2)24(28)29/h11-17,22-24H,3-10H2,1-2H3,(H,36,40)(H,37,41)/t15?,22-,23+/m1/s1. The van der Waals surface area contributed by atoms with Gasteiger partial charge in [0.15, 0.2) is 5.65 Å². The number of hydrogen-bond acceptors (Lipinski definition) is 6. The van der Waals surface area contributed by atoms with E-state index in [4.69, 9.17) is 4.98 Å². The van der Waals surface area contributed by atoms with E-state index >= 15 is 0 Å². The first-order valence-corrected chi connectivity index (χ1v) is 14.1. The van der Waals surface area contributed by atoms with Gasteiger partial charge >= 0.3 is 0 Å². The van der Waals surface area contributed by atoms with E-state index in [0.29, 0.717) is 23.7 Å². The molecule has 5 rings (SSSR count). The Labute approximate surface area is 234 Å². The van der Waals surface area contributed by atoms with E-state index in [1.807, 2.05) is 13.0 Å². The van der Waals surface area contributed by atoms with Crippen molar-refractivity contribution in [2.75, 3.05) is 0 Å². The summed E-state index contributed by atoms with van der Waals surface area (Å²) in [6.07, 6.45) is 4.32. The molecule has 2 N–H and O–H groups in total. The van der Waals surface area contributed by atoms with Crippen LogP contribution in [0.25, 0.3) is 5.65 Å². The summed E-state index contributed by atoms with van der Waals surface area (Å²) in [5.41, 5.74) is 1.69. The second kappa shape index (κ2) is 11.7. The number of carbonyl (C=O) groups excluding carboxylic acids is 2. The molecule has 1 unspecified atom stereocenters. The van der Waals surface area contributed by atoms with E-state index in [1.54, 1.807) is 12.4 Å². The molecule has 0 spiro atoms. The molecule has 10 nitrogen and oxygen atoms in total. The van der Waals surface area contributed by atoms with Gasteiger partial charge in [-0.25, -0.2) is 36.7 Å².